The number of hydrogen-bond donors (Lipinski definition) is 2. The van der Waals surface area contributed by atoms with E-state index >= 15 is 0 Å². The molecule has 1 heterocycles. The van der Waals surface area contributed by atoms with Crippen molar-refractivity contribution in [2.45, 2.75) is 31.8 Å². The second kappa shape index (κ2) is 11.8. The lowest BCUT2D eigenvalue weighted by atomic mass is 9.90. The van der Waals surface area contributed by atoms with E-state index in [0.29, 0.717) is 59.7 Å². The Morgan fingerprint density at radius 1 is 1.06 bits per heavy atom. The Balaban J connectivity index is 1.56. The maximum atomic E-state index is 13.0. The summed E-state index contributed by atoms with van der Waals surface area (Å²) < 4.78 is 10.6. The number of nitrogens with one attached hydrogen (secondary N) is 1. The Kier molecular flexibility index (Phi) is 9.10. The molecule has 2 aromatic carbocycles. The first-order valence-electron chi connectivity index (χ1n) is 11.4. The van der Waals surface area contributed by atoms with Gasteiger partial charge in [0.2, 0.25) is 5.91 Å². The Hall–Kier alpha value is -2.68. The number of nitrogens with zero attached hydrogens (tertiary/aromatic N) is 2. The van der Waals surface area contributed by atoms with Gasteiger partial charge in [0.1, 0.15) is 0 Å². The van der Waals surface area contributed by atoms with Crippen LogP contribution in [0.1, 0.15) is 25.3 Å². The number of benzene rings is 2. The van der Waals surface area contributed by atoms with Crippen molar-refractivity contribution in [1.82, 2.24) is 9.80 Å². The number of carbonyl (C=O) groups excluding carboxylic acids is 2. The molecule has 190 valence electrons. The van der Waals surface area contributed by atoms with Crippen LogP contribution in [0.5, 0.6) is 11.5 Å². The molecule has 35 heavy (non-hydrogen) atoms. The maximum Gasteiger partial charge on any atom is 0.321 e. The van der Waals surface area contributed by atoms with E-state index in [2.05, 4.69) is 5.32 Å². The quantitative estimate of drug-likeness (QED) is 0.532. The van der Waals surface area contributed by atoms with E-state index < -0.39 is 5.60 Å². The summed E-state index contributed by atoms with van der Waals surface area (Å²) in [5.74, 6) is 1.07. The highest BCUT2D eigenvalue weighted by molar-refractivity contribution is 6.35. The number of rotatable bonds is 8. The van der Waals surface area contributed by atoms with Crippen molar-refractivity contribution < 1.29 is 24.2 Å². The summed E-state index contributed by atoms with van der Waals surface area (Å²) in [6, 6.07) is 9.91. The molecule has 0 bridgehead atoms. The summed E-state index contributed by atoms with van der Waals surface area (Å²) in [4.78, 5) is 28.9. The van der Waals surface area contributed by atoms with Crippen LogP contribution in [0.15, 0.2) is 36.4 Å². The van der Waals surface area contributed by atoms with E-state index in [4.69, 9.17) is 32.7 Å². The number of anilines is 1. The van der Waals surface area contributed by atoms with E-state index in [1.165, 1.54) is 0 Å². The van der Waals surface area contributed by atoms with Gasteiger partial charge in [-0.05, 0) is 55.7 Å². The first kappa shape index (κ1) is 26.9. The third kappa shape index (κ3) is 7.16. The molecule has 1 saturated heterocycles. The zero-order chi connectivity index (χ0) is 25.6. The van der Waals surface area contributed by atoms with E-state index in [1.54, 1.807) is 54.4 Å². The lowest BCUT2D eigenvalue weighted by Crippen LogP contribution is -2.54. The van der Waals surface area contributed by atoms with Crippen LogP contribution in [-0.2, 0) is 11.2 Å². The Morgan fingerprint density at radius 3 is 2.26 bits per heavy atom. The number of ether oxygens (including phenoxy) is 2. The fourth-order valence-electron chi connectivity index (χ4n) is 4.12. The third-order valence-electron chi connectivity index (χ3n) is 6.12. The molecule has 0 unspecified atom stereocenters. The SMILES string of the molecule is CCN(CC1(O)CCN(C(=O)Nc2cc(Cl)cc(Cl)c2)CC1)C(=O)Cc1ccc(OC)c(OC)c1. The van der Waals surface area contributed by atoms with Crippen molar-refractivity contribution in [1.29, 1.82) is 0 Å². The van der Waals surface area contributed by atoms with Gasteiger partial charge in [-0.25, -0.2) is 4.79 Å². The first-order chi connectivity index (χ1) is 16.7. The van der Waals surface area contributed by atoms with Gasteiger partial charge < -0.3 is 29.7 Å². The molecule has 0 radical (unpaired) electrons. The van der Waals surface area contributed by atoms with Crippen LogP contribution in [-0.4, -0.2) is 72.8 Å². The number of urea groups is 1. The van der Waals surface area contributed by atoms with Gasteiger partial charge in [0.05, 0.1) is 26.2 Å². The molecule has 3 rings (SSSR count). The molecule has 8 nitrogen and oxygen atoms in total. The fourth-order valence-corrected chi connectivity index (χ4v) is 4.65. The monoisotopic (exact) mass is 523 g/mol. The number of aliphatic hydroxyl groups is 1. The minimum atomic E-state index is -1.07. The minimum absolute atomic E-state index is 0.0915. The van der Waals surface area contributed by atoms with Gasteiger partial charge in [0.25, 0.3) is 0 Å². The molecular weight excluding hydrogens is 493 g/mol. The Bertz CT molecular complexity index is 1040. The zero-order valence-electron chi connectivity index (χ0n) is 20.1. The van der Waals surface area contributed by atoms with Crippen LogP contribution in [0.25, 0.3) is 0 Å². The summed E-state index contributed by atoms with van der Waals surface area (Å²) in [6.07, 6.45) is 0.898. The second-order valence-electron chi connectivity index (χ2n) is 8.57. The Morgan fingerprint density at radius 2 is 1.69 bits per heavy atom. The van der Waals surface area contributed by atoms with Gasteiger partial charge in [-0.1, -0.05) is 29.3 Å². The molecule has 0 atom stereocenters. The van der Waals surface area contributed by atoms with Crippen molar-refractivity contribution in [3.8, 4) is 11.5 Å². The summed E-state index contributed by atoms with van der Waals surface area (Å²) >= 11 is 12.0. The lowest BCUT2D eigenvalue weighted by Gasteiger charge is -2.40. The van der Waals surface area contributed by atoms with Gasteiger partial charge >= 0.3 is 6.03 Å². The number of piperidine rings is 1. The van der Waals surface area contributed by atoms with E-state index in [1.807, 2.05) is 13.0 Å². The van der Waals surface area contributed by atoms with Gasteiger partial charge in [0, 0.05) is 41.9 Å². The van der Waals surface area contributed by atoms with Crippen LogP contribution in [0, 0.1) is 0 Å². The molecule has 10 heteroatoms. The van der Waals surface area contributed by atoms with Crippen LogP contribution in [0.2, 0.25) is 10.0 Å². The molecule has 2 N–H and O–H groups in total. The normalized spacial score (nSPS) is 14.9. The number of amides is 3. The van der Waals surface area contributed by atoms with Gasteiger partial charge in [-0.3, -0.25) is 4.79 Å². The molecule has 0 saturated carbocycles. The van der Waals surface area contributed by atoms with Crippen molar-refractivity contribution in [3.05, 3.63) is 52.0 Å². The molecule has 3 amide bonds. The van der Waals surface area contributed by atoms with Crippen LogP contribution in [0.4, 0.5) is 10.5 Å². The second-order valence-corrected chi connectivity index (χ2v) is 9.45. The predicted molar refractivity (Wildman–Crippen MR) is 137 cm³/mol. The highest BCUT2D eigenvalue weighted by Gasteiger charge is 2.36. The van der Waals surface area contributed by atoms with E-state index in [9.17, 15) is 14.7 Å². The van der Waals surface area contributed by atoms with Gasteiger partial charge in [-0.15, -0.1) is 0 Å². The van der Waals surface area contributed by atoms with Crippen molar-refractivity contribution >= 4 is 40.8 Å². The molecule has 0 spiro atoms. The molecule has 1 aliphatic rings. The topological polar surface area (TPSA) is 91.3 Å². The number of methoxy groups -OCH3 is 2. The zero-order valence-corrected chi connectivity index (χ0v) is 21.7. The standard InChI is InChI=1S/C25H31Cl2N3O5/c1-4-29(23(31)12-17-5-6-21(34-2)22(11-17)35-3)16-25(33)7-9-30(10-8-25)24(32)28-20-14-18(26)13-19(27)15-20/h5-6,11,13-15,33H,4,7-10,12,16H2,1-3H3,(H,28,32). The fraction of sp³-hybridized carbons (Fsp3) is 0.440. The maximum absolute atomic E-state index is 13.0. The number of likely N-dealkylation sites (tertiary alicyclic amines) is 1. The van der Waals surface area contributed by atoms with Gasteiger partial charge in [0.15, 0.2) is 11.5 Å². The summed E-state index contributed by atoms with van der Waals surface area (Å²) in [5.41, 5.74) is 0.233. The molecule has 1 fully saturated rings. The molecule has 2 aromatic rings. The largest absolute Gasteiger partial charge is 0.493 e. The summed E-state index contributed by atoms with van der Waals surface area (Å²) in [7, 11) is 3.11. The average molecular weight is 524 g/mol. The molecule has 1 aliphatic heterocycles. The highest BCUT2D eigenvalue weighted by atomic mass is 35.5. The minimum Gasteiger partial charge on any atom is -0.493 e. The van der Waals surface area contributed by atoms with Crippen LogP contribution < -0.4 is 14.8 Å². The molecular formula is C25H31Cl2N3O5. The smallest absolute Gasteiger partial charge is 0.321 e. The average Bonchev–Trinajstić information content (AvgIpc) is 2.82. The predicted octanol–water partition coefficient (Wildman–Crippen LogP) is 4.46. The number of halogens is 2. The van der Waals surface area contributed by atoms with E-state index in [-0.39, 0.29) is 24.9 Å². The van der Waals surface area contributed by atoms with E-state index in [0.717, 1.165) is 5.56 Å². The van der Waals surface area contributed by atoms with Gasteiger partial charge in [-0.2, -0.15) is 0 Å². The van der Waals surface area contributed by atoms with Crippen LogP contribution >= 0.6 is 23.2 Å². The van der Waals surface area contributed by atoms with Crippen molar-refractivity contribution in [2.24, 2.45) is 0 Å². The first-order valence-corrected chi connectivity index (χ1v) is 12.1. The third-order valence-corrected chi connectivity index (χ3v) is 6.55. The van der Waals surface area contributed by atoms with Crippen molar-refractivity contribution in [3.63, 3.8) is 0 Å². The molecule has 0 aliphatic carbocycles. The Labute approximate surface area is 215 Å². The van der Waals surface area contributed by atoms with Crippen LogP contribution in [0.3, 0.4) is 0 Å². The number of hydrogen-bond acceptors (Lipinski definition) is 5. The summed E-state index contributed by atoms with van der Waals surface area (Å²) in [6.45, 7) is 3.27. The van der Waals surface area contributed by atoms with Crippen molar-refractivity contribution in [2.75, 3.05) is 45.7 Å². The summed E-state index contributed by atoms with van der Waals surface area (Å²) in [5, 5.41) is 14.8. The number of carbonyl (C=O) groups is 2. The highest BCUT2D eigenvalue weighted by Crippen LogP contribution is 2.29. The number of likely N-dealkylation sites (N-methyl/N-ethyl adjacent to an activating group) is 1. The molecule has 0 aromatic heterocycles. The lowest BCUT2D eigenvalue weighted by molar-refractivity contribution is -0.135.